The molecule has 2 heterocycles. The lowest BCUT2D eigenvalue weighted by Gasteiger charge is -2.12. The van der Waals surface area contributed by atoms with Gasteiger partial charge in [-0.15, -0.1) is 0 Å². The van der Waals surface area contributed by atoms with Crippen LogP contribution in [0.3, 0.4) is 0 Å². The van der Waals surface area contributed by atoms with Gasteiger partial charge < -0.3 is 4.42 Å². The Hall–Kier alpha value is -6.13. The Morgan fingerprint density at radius 2 is 0.978 bits per heavy atom. The maximum absolute atomic E-state index is 6.43. The van der Waals surface area contributed by atoms with Crippen molar-refractivity contribution in [2.45, 2.75) is 0 Å². The van der Waals surface area contributed by atoms with E-state index in [1.807, 2.05) is 36.4 Å². The second kappa shape index (κ2) is 10.2. The lowest BCUT2D eigenvalue weighted by atomic mass is 9.97. The maximum atomic E-state index is 6.43. The van der Waals surface area contributed by atoms with E-state index >= 15 is 0 Å². The van der Waals surface area contributed by atoms with Crippen LogP contribution < -0.4 is 0 Å². The molecule has 7 aromatic carbocycles. The van der Waals surface area contributed by atoms with Gasteiger partial charge in [-0.25, -0.2) is 15.0 Å². The molecule has 0 fully saturated rings. The number of fused-ring (bicyclic) bond motifs is 6. The Morgan fingerprint density at radius 1 is 0.378 bits per heavy atom. The van der Waals surface area contributed by atoms with E-state index in [0.717, 1.165) is 60.5 Å². The van der Waals surface area contributed by atoms with E-state index in [2.05, 4.69) is 115 Å². The second-order valence-corrected chi connectivity index (χ2v) is 11.2. The summed E-state index contributed by atoms with van der Waals surface area (Å²) in [6, 6.07) is 52.2. The monoisotopic (exact) mass is 575 g/mol. The molecular formula is C41H25N3O. The van der Waals surface area contributed by atoms with Crippen LogP contribution in [0.2, 0.25) is 0 Å². The Bertz CT molecular complexity index is 2550. The molecule has 4 heteroatoms. The number of aromatic nitrogens is 3. The number of hydrogen-bond acceptors (Lipinski definition) is 4. The Balaban J connectivity index is 1.33. The predicted molar refractivity (Wildman–Crippen MR) is 184 cm³/mol. The molecule has 0 aliphatic rings. The number of furan rings is 1. The number of para-hydroxylation sites is 2. The summed E-state index contributed by atoms with van der Waals surface area (Å²) in [5.41, 5.74) is 6.56. The summed E-state index contributed by atoms with van der Waals surface area (Å²) < 4.78 is 6.43. The van der Waals surface area contributed by atoms with Crippen LogP contribution in [0.5, 0.6) is 0 Å². The summed E-state index contributed by atoms with van der Waals surface area (Å²) in [7, 11) is 0. The minimum absolute atomic E-state index is 0.571. The molecule has 0 amide bonds. The summed E-state index contributed by atoms with van der Waals surface area (Å²) in [5.74, 6) is 1.80. The van der Waals surface area contributed by atoms with Crippen molar-refractivity contribution in [2.24, 2.45) is 0 Å². The number of nitrogens with zero attached hydrogens (tertiary/aromatic N) is 3. The topological polar surface area (TPSA) is 51.8 Å². The molecule has 4 nitrogen and oxygen atoms in total. The quantitative estimate of drug-likeness (QED) is 0.196. The van der Waals surface area contributed by atoms with Gasteiger partial charge in [0.25, 0.3) is 0 Å². The van der Waals surface area contributed by atoms with Crippen LogP contribution in [0, 0.1) is 0 Å². The van der Waals surface area contributed by atoms with Gasteiger partial charge in [0, 0.05) is 27.3 Å². The SMILES string of the molecule is c1ccc(-c2cccc(-c3nc(-c4cccc5c4oc4ccccc45)nc(-c4cccc5ccc6ccccc6c45)n3)c2)cc1. The van der Waals surface area contributed by atoms with E-state index in [-0.39, 0.29) is 0 Å². The minimum Gasteiger partial charge on any atom is -0.455 e. The number of benzene rings is 7. The standard InChI is InChI=1S/C41H25N3O/c1-2-11-26(12-3-1)29-15-8-16-30(25-29)39-42-40(34-20-9-14-28-24-23-27-13-4-5-17-31(27)37(28)34)44-41(43-39)35-21-10-19-33-32-18-6-7-22-36(32)45-38(33)35/h1-25H. The van der Waals surface area contributed by atoms with E-state index in [1.54, 1.807) is 0 Å². The number of hydrogen-bond donors (Lipinski definition) is 0. The third-order valence-electron chi connectivity index (χ3n) is 8.52. The van der Waals surface area contributed by atoms with Gasteiger partial charge >= 0.3 is 0 Å². The normalized spacial score (nSPS) is 11.6. The van der Waals surface area contributed by atoms with Crippen molar-refractivity contribution in [3.8, 4) is 45.3 Å². The van der Waals surface area contributed by atoms with Crippen LogP contribution >= 0.6 is 0 Å². The lowest BCUT2D eigenvalue weighted by Crippen LogP contribution is -2.01. The van der Waals surface area contributed by atoms with Crippen molar-refractivity contribution in [3.63, 3.8) is 0 Å². The van der Waals surface area contributed by atoms with Gasteiger partial charge in [0.2, 0.25) is 0 Å². The van der Waals surface area contributed by atoms with Gasteiger partial charge in [0.05, 0.1) is 5.56 Å². The van der Waals surface area contributed by atoms with E-state index in [0.29, 0.717) is 17.5 Å². The molecule has 0 bridgehead atoms. The summed E-state index contributed by atoms with van der Waals surface area (Å²) >= 11 is 0. The highest BCUT2D eigenvalue weighted by Crippen LogP contribution is 2.38. The molecule has 0 unspecified atom stereocenters. The maximum Gasteiger partial charge on any atom is 0.167 e. The fourth-order valence-electron chi connectivity index (χ4n) is 6.38. The Kier molecular flexibility index (Phi) is 5.78. The van der Waals surface area contributed by atoms with E-state index in [1.165, 1.54) is 10.8 Å². The van der Waals surface area contributed by atoms with Crippen LogP contribution in [-0.4, -0.2) is 15.0 Å². The Morgan fingerprint density at radius 3 is 1.89 bits per heavy atom. The molecule has 0 spiro atoms. The molecule has 0 saturated heterocycles. The molecule has 0 aliphatic heterocycles. The lowest BCUT2D eigenvalue weighted by molar-refractivity contribution is 0.669. The molecule has 0 N–H and O–H groups in total. The van der Waals surface area contributed by atoms with Gasteiger partial charge in [-0.3, -0.25) is 0 Å². The highest BCUT2D eigenvalue weighted by atomic mass is 16.3. The molecule has 0 radical (unpaired) electrons. The molecule has 9 rings (SSSR count). The minimum atomic E-state index is 0.571. The zero-order valence-electron chi connectivity index (χ0n) is 24.2. The third-order valence-corrected chi connectivity index (χ3v) is 8.52. The van der Waals surface area contributed by atoms with Gasteiger partial charge in [0.15, 0.2) is 17.5 Å². The molecule has 0 atom stereocenters. The molecule has 9 aromatic rings. The first-order valence-corrected chi connectivity index (χ1v) is 15.0. The van der Waals surface area contributed by atoms with E-state index < -0.39 is 0 Å². The fourth-order valence-corrected chi connectivity index (χ4v) is 6.38. The van der Waals surface area contributed by atoms with E-state index in [4.69, 9.17) is 19.4 Å². The first kappa shape index (κ1) is 25.4. The average Bonchev–Trinajstić information content (AvgIpc) is 3.50. The van der Waals surface area contributed by atoms with E-state index in [9.17, 15) is 0 Å². The summed E-state index contributed by atoms with van der Waals surface area (Å²) in [5, 5.41) is 6.71. The van der Waals surface area contributed by atoms with Crippen molar-refractivity contribution in [2.75, 3.05) is 0 Å². The zero-order valence-corrected chi connectivity index (χ0v) is 24.2. The first-order valence-electron chi connectivity index (χ1n) is 15.0. The molecular weight excluding hydrogens is 550 g/mol. The van der Waals surface area contributed by atoms with Gasteiger partial charge in [0.1, 0.15) is 11.2 Å². The molecule has 45 heavy (non-hydrogen) atoms. The molecule has 2 aromatic heterocycles. The van der Waals surface area contributed by atoms with Crippen LogP contribution in [0.15, 0.2) is 156 Å². The number of rotatable bonds is 4. The van der Waals surface area contributed by atoms with Crippen molar-refractivity contribution >= 4 is 43.5 Å². The highest BCUT2D eigenvalue weighted by molar-refractivity contribution is 6.14. The highest BCUT2D eigenvalue weighted by Gasteiger charge is 2.19. The van der Waals surface area contributed by atoms with Crippen molar-refractivity contribution in [3.05, 3.63) is 152 Å². The Labute approximate surface area is 259 Å². The smallest absolute Gasteiger partial charge is 0.167 e. The predicted octanol–water partition coefficient (Wildman–Crippen LogP) is 10.7. The van der Waals surface area contributed by atoms with Gasteiger partial charge in [-0.1, -0.05) is 133 Å². The van der Waals surface area contributed by atoms with Gasteiger partial charge in [-0.05, 0) is 45.5 Å². The van der Waals surface area contributed by atoms with Crippen LogP contribution in [-0.2, 0) is 0 Å². The first-order chi connectivity index (χ1) is 22.3. The summed E-state index contributed by atoms with van der Waals surface area (Å²) in [6.45, 7) is 0. The van der Waals surface area contributed by atoms with Crippen molar-refractivity contribution < 1.29 is 4.42 Å². The largest absolute Gasteiger partial charge is 0.455 e. The van der Waals surface area contributed by atoms with Crippen molar-refractivity contribution in [1.29, 1.82) is 0 Å². The third kappa shape index (κ3) is 4.27. The fraction of sp³-hybridized carbons (Fsp3) is 0. The van der Waals surface area contributed by atoms with Gasteiger partial charge in [-0.2, -0.15) is 0 Å². The zero-order chi connectivity index (χ0) is 29.7. The molecule has 0 saturated carbocycles. The second-order valence-electron chi connectivity index (χ2n) is 11.2. The molecule has 210 valence electrons. The van der Waals surface area contributed by atoms with Crippen molar-refractivity contribution in [1.82, 2.24) is 15.0 Å². The molecule has 0 aliphatic carbocycles. The summed E-state index contributed by atoms with van der Waals surface area (Å²) in [4.78, 5) is 15.5. The van der Waals surface area contributed by atoms with Crippen LogP contribution in [0.1, 0.15) is 0 Å². The van der Waals surface area contributed by atoms with Crippen LogP contribution in [0.4, 0.5) is 0 Å². The summed E-state index contributed by atoms with van der Waals surface area (Å²) in [6.07, 6.45) is 0. The van der Waals surface area contributed by atoms with Crippen LogP contribution in [0.25, 0.3) is 88.8 Å². The average molecular weight is 576 g/mol.